The van der Waals surface area contributed by atoms with Crippen LogP contribution in [0.15, 0.2) is 48.7 Å². The standard InChI is InChI=1S/C17H13N3OS/c1-10-19-15-7-6-11(8-16(15)22-10)20-17(21)13-9-18-14-5-3-2-4-12(13)14/h2-9,18H,1H3,(H,20,21). The molecule has 0 aliphatic rings. The highest BCUT2D eigenvalue weighted by atomic mass is 32.1. The van der Waals surface area contributed by atoms with Gasteiger partial charge in [-0.15, -0.1) is 11.3 Å². The molecule has 2 aromatic carbocycles. The second-order valence-corrected chi connectivity index (χ2v) is 6.35. The number of nitrogens with zero attached hydrogens (tertiary/aromatic N) is 1. The van der Waals surface area contributed by atoms with E-state index in [1.54, 1.807) is 17.5 Å². The van der Waals surface area contributed by atoms with Crippen LogP contribution in [-0.2, 0) is 0 Å². The minimum absolute atomic E-state index is 0.113. The Hall–Kier alpha value is -2.66. The van der Waals surface area contributed by atoms with Crippen molar-refractivity contribution in [1.82, 2.24) is 9.97 Å². The number of aromatic amines is 1. The number of amides is 1. The van der Waals surface area contributed by atoms with Gasteiger partial charge >= 0.3 is 0 Å². The van der Waals surface area contributed by atoms with Gasteiger partial charge in [-0.2, -0.15) is 0 Å². The molecular weight excluding hydrogens is 294 g/mol. The lowest BCUT2D eigenvalue weighted by atomic mass is 10.1. The maximum absolute atomic E-state index is 12.5. The van der Waals surface area contributed by atoms with Crippen molar-refractivity contribution in [2.45, 2.75) is 6.92 Å². The molecular formula is C17H13N3OS. The van der Waals surface area contributed by atoms with E-state index in [4.69, 9.17) is 0 Å². The Bertz CT molecular complexity index is 999. The van der Waals surface area contributed by atoms with Gasteiger partial charge in [0.05, 0.1) is 20.8 Å². The van der Waals surface area contributed by atoms with Crippen molar-refractivity contribution in [3.63, 3.8) is 0 Å². The average molecular weight is 307 g/mol. The fourth-order valence-electron chi connectivity index (χ4n) is 2.58. The van der Waals surface area contributed by atoms with Crippen molar-refractivity contribution in [2.75, 3.05) is 5.32 Å². The predicted molar refractivity (Wildman–Crippen MR) is 90.6 cm³/mol. The zero-order valence-electron chi connectivity index (χ0n) is 11.9. The second kappa shape index (κ2) is 4.96. The fourth-order valence-corrected chi connectivity index (χ4v) is 3.44. The molecule has 1 amide bonds. The number of hydrogen-bond acceptors (Lipinski definition) is 3. The van der Waals surface area contributed by atoms with Crippen molar-refractivity contribution < 1.29 is 4.79 Å². The molecule has 0 bridgehead atoms. The Balaban J connectivity index is 1.67. The minimum atomic E-state index is -0.113. The number of thiazole rings is 1. The molecule has 4 aromatic rings. The Morgan fingerprint density at radius 2 is 2.09 bits per heavy atom. The van der Waals surface area contributed by atoms with E-state index in [0.29, 0.717) is 5.56 Å². The van der Waals surface area contributed by atoms with Gasteiger partial charge in [0.1, 0.15) is 0 Å². The summed E-state index contributed by atoms with van der Waals surface area (Å²) in [6.45, 7) is 1.98. The van der Waals surface area contributed by atoms with E-state index in [1.165, 1.54) is 0 Å². The Kier molecular flexibility index (Phi) is 2.94. The summed E-state index contributed by atoms with van der Waals surface area (Å²) in [5.41, 5.74) is 3.36. The van der Waals surface area contributed by atoms with Crippen LogP contribution in [0.25, 0.3) is 21.1 Å². The van der Waals surface area contributed by atoms with Crippen LogP contribution < -0.4 is 5.32 Å². The molecule has 0 radical (unpaired) electrons. The van der Waals surface area contributed by atoms with Gasteiger partial charge in [0.25, 0.3) is 5.91 Å². The molecule has 2 heterocycles. The molecule has 2 aromatic heterocycles. The van der Waals surface area contributed by atoms with Crippen LogP contribution in [0.3, 0.4) is 0 Å². The number of carbonyl (C=O) groups is 1. The molecule has 4 rings (SSSR count). The Labute approximate surface area is 130 Å². The van der Waals surface area contributed by atoms with E-state index < -0.39 is 0 Å². The number of nitrogens with one attached hydrogen (secondary N) is 2. The monoisotopic (exact) mass is 307 g/mol. The summed E-state index contributed by atoms with van der Waals surface area (Å²) in [5, 5.41) is 4.91. The van der Waals surface area contributed by atoms with Crippen molar-refractivity contribution >= 4 is 44.1 Å². The quantitative estimate of drug-likeness (QED) is 0.579. The third-order valence-electron chi connectivity index (χ3n) is 3.59. The van der Waals surface area contributed by atoms with Crippen LogP contribution >= 0.6 is 11.3 Å². The van der Waals surface area contributed by atoms with Crippen molar-refractivity contribution in [3.8, 4) is 0 Å². The molecule has 108 valence electrons. The number of anilines is 1. The zero-order valence-corrected chi connectivity index (χ0v) is 12.7. The number of carbonyl (C=O) groups excluding carboxylic acids is 1. The van der Waals surface area contributed by atoms with E-state index in [2.05, 4.69) is 15.3 Å². The molecule has 5 heteroatoms. The smallest absolute Gasteiger partial charge is 0.257 e. The lowest BCUT2D eigenvalue weighted by molar-refractivity contribution is 0.102. The van der Waals surface area contributed by atoms with Gasteiger partial charge < -0.3 is 10.3 Å². The summed E-state index contributed by atoms with van der Waals surface area (Å²) in [7, 11) is 0. The fraction of sp³-hybridized carbons (Fsp3) is 0.0588. The van der Waals surface area contributed by atoms with Gasteiger partial charge in [0, 0.05) is 22.8 Å². The first-order chi connectivity index (χ1) is 10.7. The largest absolute Gasteiger partial charge is 0.360 e. The van der Waals surface area contributed by atoms with Gasteiger partial charge in [-0.25, -0.2) is 4.98 Å². The number of para-hydroxylation sites is 1. The van der Waals surface area contributed by atoms with E-state index >= 15 is 0 Å². The van der Waals surface area contributed by atoms with Crippen molar-refractivity contribution in [3.05, 3.63) is 59.2 Å². The molecule has 0 aliphatic carbocycles. The van der Waals surface area contributed by atoms with E-state index in [1.807, 2.05) is 49.4 Å². The third-order valence-corrected chi connectivity index (χ3v) is 4.52. The molecule has 0 fully saturated rings. The number of fused-ring (bicyclic) bond motifs is 2. The topological polar surface area (TPSA) is 57.8 Å². The van der Waals surface area contributed by atoms with Gasteiger partial charge in [-0.1, -0.05) is 18.2 Å². The number of benzene rings is 2. The lowest BCUT2D eigenvalue weighted by Crippen LogP contribution is -2.11. The summed E-state index contributed by atoms with van der Waals surface area (Å²) in [6.07, 6.45) is 1.75. The summed E-state index contributed by atoms with van der Waals surface area (Å²) in [6, 6.07) is 13.6. The summed E-state index contributed by atoms with van der Waals surface area (Å²) in [5.74, 6) is -0.113. The Morgan fingerprint density at radius 1 is 1.23 bits per heavy atom. The maximum Gasteiger partial charge on any atom is 0.257 e. The molecule has 2 N–H and O–H groups in total. The summed E-state index contributed by atoms with van der Waals surface area (Å²) in [4.78, 5) is 20.0. The van der Waals surface area contributed by atoms with Gasteiger partial charge in [-0.05, 0) is 31.2 Å². The zero-order chi connectivity index (χ0) is 15.1. The first kappa shape index (κ1) is 13.0. The normalized spacial score (nSPS) is 11.1. The number of H-pyrrole nitrogens is 1. The highest BCUT2D eigenvalue weighted by Crippen LogP contribution is 2.25. The highest BCUT2D eigenvalue weighted by molar-refractivity contribution is 7.18. The minimum Gasteiger partial charge on any atom is -0.360 e. The third kappa shape index (κ3) is 2.16. The van der Waals surface area contributed by atoms with Crippen molar-refractivity contribution in [1.29, 1.82) is 0 Å². The molecule has 0 unspecified atom stereocenters. The molecule has 0 saturated carbocycles. The van der Waals surface area contributed by atoms with Crippen molar-refractivity contribution in [2.24, 2.45) is 0 Å². The highest BCUT2D eigenvalue weighted by Gasteiger charge is 2.12. The van der Waals surface area contributed by atoms with Crippen LogP contribution in [0.4, 0.5) is 5.69 Å². The second-order valence-electron chi connectivity index (χ2n) is 5.12. The van der Waals surface area contributed by atoms with Gasteiger partial charge in [0.15, 0.2) is 0 Å². The molecule has 0 atom stereocenters. The SMILES string of the molecule is Cc1nc2ccc(NC(=O)c3c[nH]c4ccccc34)cc2s1. The average Bonchev–Trinajstić information content (AvgIpc) is 3.09. The van der Waals surface area contributed by atoms with Crippen LogP contribution in [0.1, 0.15) is 15.4 Å². The van der Waals surface area contributed by atoms with Gasteiger partial charge in [0.2, 0.25) is 0 Å². The number of hydrogen-bond donors (Lipinski definition) is 2. The van der Waals surface area contributed by atoms with Crippen LogP contribution in [0.5, 0.6) is 0 Å². The first-order valence-corrected chi connectivity index (χ1v) is 7.77. The number of aromatic nitrogens is 2. The number of aryl methyl sites for hydroxylation is 1. The van der Waals surface area contributed by atoms with E-state index in [-0.39, 0.29) is 5.91 Å². The first-order valence-electron chi connectivity index (χ1n) is 6.95. The van der Waals surface area contributed by atoms with Gasteiger partial charge in [-0.3, -0.25) is 4.79 Å². The lowest BCUT2D eigenvalue weighted by Gasteiger charge is -2.04. The molecule has 22 heavy (non-hydrogen) atoms. The van der Waals surface area contributed by atoms with E-state index in [9.17, 15) is 4.79 Å². The summed E-state index contributed by atoms with van der Waals surface area (Å²) < 4.78 is 1.08. The molecule has 0 saturated heterocycles. The molecule has 4 nitrogen and oxygen atoms in total. The number of rotatable bonds is 2. The molecule has 0 spiro atoms. The van der Waals surface area contributed by atoms with Crippen LogP contribution in [0.2, 0.25) is 0 Å². The predicted octanol–water partition coefficient (Wildman–Crippen LogP) is 4.34. The van der Waals surface area contributed by atoms with E-state index in [0.717, 1.165) is 31.8 Å². The molecule has 0 aliphatic heterocycles. The summed E-state index contributed by atoms with van der Waals surface area (Å²) >= 11 is 1.62. The van der Waals surface area contributed by atoms with Crippen LogP contribution in [0, 0.1) is 6.92 Å². The van der Waals surface area contributed by atoms with Crippen LogP contribution in [-0.4, -0.2) is 15.9 Å². The Morgan fingerprint density at radius 3 is 3.00 bits per heavy atom. The maximum atomic E-state index is 12.5.